The zero-order valence-corrected chi connectivity index (χ0v) is 15.4. The van der Waals surface area contributed by atoms with Crippen LogP contribution in [0.15, 0.2) is 59.7 Å². The minimum Gasteiger partial charge on any atom is -0.297 e. The Hall–Kier alpha value is -2.21. The second-order valence-corrected chi connectivity index (χ2v) is 6.82. The second kappa shape index (κ2) is 9.48. The molecule has 1 amide bonds. The molecule has 0 aromatic heterocycles. The van der Waals surface area contributed by atoms with E-state index in [1.54, 1.807) is 18.3 Å². The number of halogens is 1. The Labute approximate surface area is 159 Å². The molecule has 0 spiro atoms. The lowest BCUT2D eigenvalue weighted by Crippen LogP contribution is -2.48. The molecular formula is C20H23ClN4O. The first-order valence-corrected chi connectivity index (χ1v) is 9.13. The lowest BCUT2D eigenvalue weighted by atomic mass is 10.2. The molecule has 1 aliphatic rings. The van der Waals surface area contributed by atoms with E-state index in [4.69, 9.17) is 11.6 Å². The van der Waals surface area contributed by atoms with Gasteiger partial charge in [0, 0.05) is 37.7 Å². The van der Waals surface area contributed by atoms with E-state index in [1.165, 1.54) is 5.56 Å². The molecule has 26 heavy (non-hydrogen) atoms. The molecule has 5 nitrogen and oxygen atoms in total. The minimum absolute atomic E-state index is 0.0910. The average Bonchev–Trinajstić information content (AvgIpc) is 2.66. The van der Waals surface area contributed by atoms with Gasteiger partial charge in [-0.2, -0.15) is 5.10 Å². The molecule has 1 saturated heterocycles. The fourth-order valence-electron chi connectivity index (χ4n) is 2.91. The number of nitrogens with zero attached hydrogens (tertiary/aromatic N) is 3. The van der Waals surface area contributed by atoms with Crippen LogP contribution < -0.4 is 5.43 Å². The Morgan fingerprint density at radius 2 is 1.65 bits per heavy atom. The Balaban J connectivity index is 1.37. The summed E-state index contributed by atoms with van der Waals surface area (Å²) in [6, 6.07) is 17.8. The number of amides is 1. The molecular weight excluding hydrogens is 348 g/mol. The Morgan fingerprint density at radius 1 is 1.00 bits per heavy atom. The maximum atomic E-state index is 12.0. The zero-order valence-electron chi connectivity index (χ0n) is 14.6. The molecule has 0 saturated carbocycles. The van der Waals surface area contributed by atoms with Gasteiger partial charge in [-0.05, 0) is 23.3 Å². The first-order chi connectivity index (χ1) is 12.7. The van der Waals surface area contributed by atoms with Crippen LogP contribution in [0.3, 0.4) is 0 Å². The number of hydrogen-bond donors (Lipinski definition) is 1. The van der Waals surface area contributed by atoms with Crippen molar-refractivity contribution in [1.82, 2.24) is 15.2 Å². The van der Waals surface area contributed by atoms with E-state index in [0.29, 0.717) is 11.6 Å². The molecule has 1 N–H and O–H groups in total. The van der Waals surface area contributed by atoms with Crippen LogP contribution in [0.5, 0.6) is 0 Å². The molecule has 2 aromatic rings. The normalized spacial score (nSPS) is 16.0. The topological polar surface area (TPSA) is 47.9 Å². The van der Waals surface area contributed by atoms with Crippen molar-refractivity contribution in [3.63, 3.8) is 0 Å². The van der Waals surface area contributed by atoms with Gasteiger partial charge in [0.05, 0.1) is 12.8 Å². The van der Waals surface area contributed by atoms with Gasteiger partial charge in [0.25, 0.3) is 5.91 Å². The van der Waals surface area contributed by atoms with Gasteiger partial charge in [-0.25, -0.2) is 5.43 Å². The average molecular weight is 371 g/mol. The Bertz CT molecular complexity index is 725. The van der Waals surface area contributed by atoms with Crippen LogP contribution in [-0.2, 0) is 11.3 Å². The number of piperazine rings is 1. The molecule has 0 bridgehead atoms. The van der Waals surface area contributed by atoms with Crippen LogP contribution in [-0.4, -0.2) is 54.6 Å². The van der Waals surface area contributed by atoms with Crippen molar-refractivity contribution in [3.05, 3.63) is 70.7 Å². The fourth-order valence-corrected chi connectivity index (χ4v) is 3.04. The molecule has 3 rings (SSSR count). The minimum atomic E-state index is -0.0910. The molecule has 6 heteroatoms. The quantitative estimate of drug-likeness (QED) is 0.628. The third kappa shape index (κ3) is 5.95. The summed E-state index contributed by atoms with van der Waals surface area (Å²) in [5, 5.41) is 4.68. The first-order valence-electron chi connectivity index (χ1n) is 8.75. The number of hydrazone groups is 1. The van der Waals surface area contributed by atoms with Gasteiger partial charge in [-0.15, -0.1) is 0 Å². The number of rotatable bonds is 6. The van der Waals surface area contributed by atoms with E-state index in [2.05, 4.69) is 44.6 Å². The maximum absolute atomic E-state index is 12.0. The summed E-state index contributed by atoms with van der Waals surface area (Å²) in [6.45, 7) is 5.05. The first kappa shape index (κ1) is 18.6. The lowest BCUT2D eigenvalue weighted by molar-refractivity contribution is -0.122. The Morgan fingerprint density at radius 3 is 2.35 bits per heavy atom. The van der Waals surface area contributed by atoms with Crippen LogP contribution in [0.4, 0.5) is 0 Å². The molecule has 0 radical (unpaired) electrons. The van der Waals surface area contributed by atoms with E-state index in [0.717, 1.165) is 38.3 Å². The third-order valence-electron chi connectivity index (χ3n) is 4.35. The van der Waals surface area contributed by atoms with Gasteiger partial charge in [0.1, 0.15) is 0 Å². The standard InChI is InChI=1S/C20H23ClN4O/c21-19-8-6-17(7-9-19)14-22-23-20(26)16-25-12-10-24(11-13-25)15-18-4-2-1-3-5-18/h1-9,14H,10-13,15-16H2,(H,23,26). The van der Waals surface area contributed by atoms with Crippen LogP contribution in [0, 0.1) is 0 Å². The highest BCUT2D eigenvalue weighted by Gasteiger charge is 2.18. The maximum Gasteiger partial charge on any atom is 0.254 e. The summed E-state index contributed by atoms with van der Waals surface area (Å²) >= 11 is 5.84. The smallest absolute Gasteiger partial charge is 0.254 e. The summed E-state index contributed by atoms with van der Waals surface area (Å²) < 4.78 is 0. The van der Waals surface area contributed by atoms with Crippen LogP contribution >= 0.6 is 11.6 Å². The van der Waals surface area contributed by atoms with Crippen molar-refractivity contribution >= 4 is 23.7 Å². The van der Waals surface area contributed by atoms with Gasteiger partial charge in [0.2, 0.25) is 0 Å². The fraction of sp³-hybridized carbons (Fsp3) is 0.300. The summed E-state index contributed by atoms with van der Waals surface area (Å²) in [6.07, 6.45) is 1.62. The molecule has 2 aromatic carbocycles. The van der Waals surface area contributed by atoms with Crippen molar-refractivity contribution in [3.8, 4) is 0 Å². The highest BCUT2D eigenvalue weighted by molar-refractivity contribution is 6.30. The predicted molar refractivity (Wildman–Crippen MR) is 105 cm³/mol. The highest BCUT2D eigenvalue weighted by Crippen LogP contribution is 2.09. The van der Waals surface area contributed by atoms with Crippen LogP contribution in [0.1, 0.15) is 11.1 Å². The van der Waals surface area contributed by atoms with Gasteiger partial charge in [-0.1, -0.05) is 54.1 Å². The molecule has 0 atom stereocenters. The van der Waals surface area contributed by atoms with Crippen molar-refractivity contribution in [2.24, 2.45) is 5.10 Å². The third-order valence-corrected chi connectivity index (χ3v) is 4.61. The summed E-state index contributed by atoms with van der Waals surface area (Å²) in [5.41, 5.74) is 4.81. The number of benzene rings is 2. The van der Waals surface area contributed by atoms with E-state index in [1.807, 2.05) is 18.2 Å². The molecule has 1 aliphatic heterocycles. The van der Waals surface area contributed by atoms with Crippen molar-refractivity contribution in [2.75, 3.05) is 32.7 Å². The van der Waals surface area contributed by atoms with E-state index >= 15 is 0 Å². The monoisotopic (exact) mass is 370 g/mol. The van der Waals surface area contributed by atoms with Gasteiger partial charge < -0.3 is 0 Å². The van der Waals surface area contributed by atoms with Gasteiger partial charge >= 0.3 is 0 Å². The van der Waals surface area contributed by atoms with E-state index in [-0.39, 0.29) is 5.91 Å². The summed E-state index contributed by atoms with van der Waals surface area (Å²) in [7, 11) is 0. The molecule has 0 unspecified atom stereocenters. The Kier molecular flexibility index (Phi) is 6.77. The predicted octanol–water partition coefficient (Wildman–Crippen LogP) is 2.61. The number of carbonyl (C=O) groups excluding carboxylic acids is 1. The number of nitrogens with one attached hydrogen (secondary N) is 1. The highest BCUT2D eigenvalue weighted by atomic mass is 35.5. The zero-order chi connectivity index (χ0) is 18.2. The van der Waals surface area contributed by atoms with Crippen molar-refractivity contribution in [1.29, 1.82) is 0 Å². The SMILES string of the molecule is O=C(CN1CCN(Cc2ccccc2)CC1)NN=Cc1ccc(Cl)cc1. The number of hydrogen-bond acceptors (Lipinski definition) is 4. The largest absolute Gasteiger partial charge is 0.297 e. The van der Waals surface area contributed by atoms with Gasteiger partial charge in [-0.3, -0.25) is 14.6 Å². The van der Waals surface area contributed by atoms with Crippen molar-refractivity contribution < 1.29 is 4.79 Å². The van der Waals surface area contributed by atoms with Crippen molar-refractivity contribution in [2.45, 2.75) is 6.54 Å². The van der Waals surface area contributed by atoms with Gasteiger partial charge in [0.15, 0.2) is 0 Å². The van der Waals surface area contributed by atoms with E-state index < -0.39 is 0 Å². The molecule has 0 aliphatic carbocycles. The lowest BCUT2D eigenvalue weighted by Gasteiger charge is -2.34. The molecule has 136 valence electrons. The van der Waals surface area contributed by atoms with E-state index in [9.17, 15) is 4.79 Å². The summed E-state index contributed by atoms with van der Waals surface area (Å²) in [4.78, 5) is 16.6. The van der Waals surface area contributed by atoms with Crippen LogP contribution in [0.2, 0.25) is 5.02 Å². The molecule has 1 fully saturated rings. The summed E-state index contributed by atoms with van der Waals surface area (Å²) in [5.74, 6) is -0.0910. The number of carbonyl (C=O) groups is 1. The van der Waals surface area contributed by atoms with Crippen LogP contribution in [0.25, 0.3) is 0 Å². The second-order valence-electron chi connectivity index (χ2n) is 6.38. The molecule has 1 heterocycles.